The molecule has 0 aliphatic heterocycles. The van der Waals surface area contributed by atoms with Crippen LogP contribution in [0.25, 0.3) is 0 Å². The van der Waals surface area contributed by atoms with Gasteiger partial charge in [-0.05, 0) is 26.2 Å². The second-order valence-electron chi connectivity index (χ2n) is 4.52. The second-order valence-corrected chi connectivity index (χ2v) is 4.52. The van der Waals surface area contributed by atoms with Gasteiger partial charge in [0.2, 0.25) is 5.91 Å². The fourth-order valence-corrected chi connectivity index (χ4v) is 0.823. The molecule has 0 atom stereocenters. The Kier molecular flexibility index (Phi) is 4.99. The highest BCUT2D eigenvalue weighted by atomic mass is 16.3. The smallest absolute Gasteiger partial charge is 0.220 e. The van der Waals surface area contributed by atoms with Crippen LogP contribution in [0.4, 0.5) is 0 Å². The van der Waals surface area contributed by atoms with Crippen LogP contribution in [0, 0.1) is 5.92 Å². The molecule has 0 aliphatic carbocycles. The van der Waals surface area contributed by atoms with Gasteiger partial charge >= 0.3 is 0 Å². The predicted octanol–water partition coefficient (Wildman–Crippen LogP) is 1.31. The zero-order chi connectivity index (χ0) is 10.5. The molecule has 0 aromatic carbocycles. The molecule has 0 bridgehead atoms. The Hall–Kier alpha value is -0.570. The van der Waals surface area contributed by atoms with Crippen molar-refractivity contribution in [3.63, 3.8) is 0 Å². The number of hydrogen-bond acceptors (Lipinski definition) is 2. The molecule has 13 heavy (non-hydrogen) atoms. The Morgan fingerprint density at radius 3 is 2.38 bits per heavy atom. The summed E-state index contributed by atoms with van der Waals surface area (Å²) >= 11 is 0. The fourth-order valence-electron chi connectivity index (χ4n) is 0.823. The highest BCUT2D eigenvalue weighted by Gasteiger charge is 2.13. The number of aliphatic hydroxyl groups is 1. The first-order valence-corrected chi connectivity index (χ1v) is 4.80. The molecule has 0 radical (unpaired) electrons. The maximum Gasteiger partial charge on any atom is 0.220 e. The van der Waals surface area contributed by atoms with Crippen molar-refractivity contribution in [2.75, 3.05) is 6.54 Å². The van der Waals surface area contributed by atoms with Crippen molar-refractivity contribution in [1.82, 2.24) is 5.32 Å². The first-order chi connectivity index (χ1) is 5.81. The first kappa shape index (κ1) is 12.4. The maximum atomic E-state index is 11.2. The van der Waals surface area contributed by atoms with E-state index in [1.807, 2.05) is 0 Å². The molecule has 0 fully saturated rings. The molecule has 78 valence electrons. The third kappa shape index (κ3) is 9.34. The number of rotatable bonds is 5. The molecule has 0 aromatic heterocycles. The minimum absolute atomic E-state index is 0.0239. The van der Waals surface area contributed by atoms with E-state index >= 15 is 0 Å². The lowest BCUT2D eigenvalue weighted by molar-refractivity contribution is -0.122. The monoisotopic (exact) mass is 187 g/mol. The Morgan fingerprint density at radius 2 is 2.00 bits per heavy atom. The highest BCUT2D eigenvalue weighted by Crippen LogP contribution is 2.03. The van der Waals surface area contributed by atoms with Crippen LogP contribution < -0.4 is 5.32 Å². The fraction of sp³-hybridized carbons (Fsp3) is 0.900. The van der Waals surface area contributed by atoms with Crippen LogP contribution in [0.15, 0.2) is 0 Å². The number of carbonyl (C=O) groups is 1. The van der Waals surface area contributed by atoms with E-state index < -0.39 is 5.60 Å². The van der Waals surface area contributed by atoms with Gasteiger partial charge in [-0.3, -0.25) is 4.79 Å². The van der Waals surface area contributed by atoms with Gasteiger partial charge in [0, 0.05) is 13.0 Å². The van der Waals surface area contributed by atoms with Crippen LogP contribution in [-0.2, 0) is 4.79 Å². The lowest BCUT2D eigenvalue weighted by Crippen LogP contribution is -2.38. The molecule has 0 heterocycles. The third-order valence-electron chi connectivity index (χ3n) is 1.67. The number of amides is 1. The molecule has 0 aromatic rings. The first-order valence-electron chi connectivity index (χ1n) is 4.80. The summed E-state index contributed by atoms with van der Waals surface area (Å²) in [5.41, 5.74) is -0.812. The van der Waals surface area contributed by atoms with Crippen LogP contribution in [0.5, 0.6) is 0 Å². The van der Waals surface area contributed by atoms with Gasteiger partial charge in [0.05, 0.1) is 5.60 Å². The molecule has 0 saturated carbocycles. The zero-order valence-corrected chi connectivity index (χ0v) is 9.05. The van der Waals surface area contributed by atoms with Crippen LogP contribution in [-0.4, -0.2) is 23.2 Å². The van der Waals surface area contributed by atoms with E-state index in [9.17, 15) is 9.90 Å². The number of carbonyl (C=O) groups excluding carboxylic acids is 1. The van der Waals surface area contributed by atoms with Crippen molar-refractivity contribution in [2.45, 2.75) is 46.1 Å². The quantitative estimate of drug-likeness (QED) is 0.681. The van der Waals surface area contributed by atoms with Crippen LogP contribution in [0.1, 0.15) is 40.5 Å². The van der Waals surface area contributed by atoms with E-state index in [0.717, 1.165) is 6.42 Å². The molecule has 2 N–H and O–H groups in total. The van der Waals surface area contributed by atoms with Gasteiger partial charge in [-0.15, -0.1) is 0 Å². The van der Waals surface area contributed by atoms with Crippen molar-refractivity contribution >= 4 is 5.91 Å². The van der Waals surface area contributed by atoms with Gasteiger partial charge in [0.25, 0.3) is 0 Å². The largest absolute Gasteiger partial charge is 0.389 e. The van der Waals surface area contributed by atoms with Crippen LogP contribution in [0.2, 0.25) is 0 Å². The zero-order valence-electron chi connectivity index (χ0n) is 9.05. The summed E-state index contributed by atoms with van der Waals surface area (Å²) < 4.78 is 0. The van der Waals surface area contributed by atoms with Gasteiger partial charge in [-0.2, -0.15) is 0 Å². The molecule has 0 aliphatic rings. The van der Waals surface area contributed by atoms with Gasteiger partial charge in [0.1, 0.15) is 0 Å². The van der Waals surface area contributed by atoms with Crippen molar-refractivity contribution in [3.05, 3.63) is 0 Å². The third-order valence-corrected chi connectivity index (χ3v) is 1.67. The Balaban J connectivity index is 3.53. The molecular formula is C10H21NO2. The van der Waals surface area contributed by atoms with Crippen molar-refractivity contribution in [2.24, 2.45) is 5.92 Å². The summed E-state index contributed by atoms with van der Waals surface area (Å²) in [4.78, 5) is 11.2. The maximum absolute atomic E-state index is 11.2. The minimum Gasteiger partial charge on any atom is -0.389 e. The molecule has 3 heteroatoms. The number of hydrogen-bond donors (Lipinski definition) is 2. The Labute approximate surface area is 80.5 Å². The van der Waals surface area contributed by atoms with Crippen molar-refractivity contribution < 1.29 is 9.90 Å². The predicted molar refractivity (Wildman–Crippen MR) is 53.4 cm³/mol. The normalized spacial score (nSPS) is 11.8. The van der Waals surface area contributed by atoms with E-state index in [2.05, 4.69) is 19.2 Å². The van der Waals surface area contributed by atoms with Gasteiger partial charge < -0.3 is 10.4 Å². The molecular weight excluding hydrogens is 166 g/mol. The highest BCUT2D eigenvalue weighted by molar-refractivity contribution is 5.75. The summed E-state index contributed by atoms with van der Waals surface area (Å²) in [7, 11) is 0. The summed E-state index contributed by atoms with van der Waals surface area (Å²) in [5, 5.41) is 12.0. The average Bonchev–Trinajstić information content (AvgIpc) is 1.95. The molecule has 0 unspecified atom stereocenters. The summed E-state index contributed by atoms with van der Waals surface area (Å²) in [5.74, 6) is 0.573. The molecule has 0 rings (SSSR count). The SMILES string of the molecule is CC(C)CCC(=O)NCC(C)(C)O. The Morgan fingerprint density at radius 1 is 1.46 bits per heavy atom. The number of nitrogens with one attached hydrogen (secondary N) is 1. The van der Waals surface area contributed by atoms with Crippen molar-refractivity contribution in [1.29, 1.82) is 0 Å². The van der Waals surface area contributed by atoms with E-state index in [4.69, 9.17) is 0 Å². The van der Waals surface area contributed by atoms with Gasteiger partial charge in [0.15, 0.2) is 0 Å². The van der Waals surface area contributed by atoms with Gasteiger partial charge in [-0.25, -0.2) is 0 Å². The van der Waals surface area contributed by atoms with E-state index in [-0.39, 0.29) is 5.91 Å². The van der Waals surface area contributed by atoms with Gasteiger partial charge in [-0.1, -0.05) is 13.8 Å². The standard InChI is InChI=1S/C10H21NO2/c1-8(2)5-6-9(12)11-7-10(3,4)13/h8,13H,5-7H2,1-4H3,(H,11,12). The lowest BCUT2D eigenvalue weighted by Gasteiger charge is -2.17. The lowest BCUT2D eigenvalue weighted by atomic mass is 10.1. The minimum atomic E-state index is -0.812. The van der Waals surface area contributed by atoms with Crippen molar-refractivity contribution in [3.8, 4) is 0 Å². The summed E-state index contributed by atoms with van der Waals surface area (Å²) in [6, 6.07) is 0. The van der Waals surface area contributed by atoms with Crippen LogP contribution in [0.3, 0.4) is 0 Å². The van der Waals surface area contributed by atoms with E-state index in [1.54, 1.807) is 13.8 Å². The summed E-state index contributed by atoms with van der Waals surface area (Å²) in [6.45, 7) is 7.85. The second kappa shape index (κ2) is 5.22. The molecule has 3 nitrogen and oxygen atoms in total. The molecule has 0 spiro atoms. The van der Waals surface area contributed by atoms with Crippen LogP contribution >= 0.6 is 0 Å². The molecule has 0 saturated heterocycles. The van der Waals surface area contributed by atoms with E-state index in [0.29, 0.717) is 18.9 Å². The topological polar surface area (TPSA) is 49.3 Å². The Bertz CT molecular complexity index is 159. The van der Waals surface area contributed by atoms with E-state index in [1.165, 1.54) is 0 Å². The average molecular weight is 187 g/mol. The molecule has 1 amide bonds. The summed E-state index contributed by atoms with van der Waals surface area (Å²) in [6.07, 6.45) is 1.45.